The normalized spacial score (nSPS) is 31.4. The fourth-order valence-electron chi connectivity index (χ4n) is 4.10. The molecule has 0 unspecified atom stereocenters. The molecule has 0 bridgehead atoms. The minimum absolute atomic E-state index is 0.00131. The fourth-order valence-corrected chi connectivity index (χ4v) is 4.72. The largest absolute Gasteiger partial charge is 0.393 e. The van der Waals surface area contributed by atoms with Gasteiger partial charge in [-0.25, -0.2) is 26.5 Å². The Labute approximate surface area is 191 Å². The summed E-state index contributed by atoms with van der Waals surface area (Å²) < 4.78 is 94.0. The SMILES string of the molecule is [2H]C(F)(F)c1cc2cnc(NC3C([2H])([2H])CN(S(C)(=O)=O)CC3([2H])[2H])nc2n([C@H]2CC[C@H](O)[C@@H]2C)c1=O. The van der Waals surface area contributed by atoms with Crippen LogP contribution in [0.15, 0.2) is 17.1 Å². The molecule has 1 aliphatic heterocycles. The van der Waals surface area contributed by atoms with Crippen LogP contribution in [0.5, 0.6) is 0 Å². The number of nitrogens with one attached hydrogen (secondary N) is 1. The van der Waals surface area contributed by atoms with Crippen LogP contribution in [-0.2, 0) is 10.0 Å². The number of sulfonamides is 1. The average Bonchev–Trinajstić information content (AvgIpc) is 3.06. The van der Waals surface area contributed by atoms with E-state index in [2.05, 4.69) is 15.3 Å². The maximum Gasteiger partial charge on any atom is 0.269 e. The van der Waals surface area contributed by atoms with Crippen LogP contribution < -0.4 is 10.9 Å². The van der Waals surface area contributed by atoms with Crippen LogP contribution in [0.1, 0.15) is 57.4 Å². The Kier molecular flexibility index (Phi) is 4.67. The van der Waals surface area contributed by atoms with Crippen molar-refractivity contribution in [2.45, 2.75) is 57.1 Å². The number of aliphatic hydroxyl groups is 1. The lowest BCUT2D eigenvalue weighted by molar-refractivity contribution is 0.127. The molecule has 3 atom stereocenters. The zero-order valence-electron chi connectivity index (χ0n) is 22.4. The number of hydrogen-bond acceptors (Lipinski definition) is 7. The monoisotopic (exact) mass is 476 g/mol. The molecule has 2 aliphatic rings. The number of aliphatic hydroxyl groups excluding tert-OH is 1. The highest BCUT2D eigenvalue weighted by Crippen LogP contribution is 2.37. The average molecular weight is 477 g/mol. The van der Waals surface area contributed by atoms with E-state index in [-0.39, 0.29) is 23.4 Å². The lowest BCUT2D eigenvalue weighted by Crippen LogP contribution is -2.42. The molecule has 3 heterocycles. The van der Waals surface area contributed by atoms with Gasteiger partial charge in [-0.1, -0.05) is 6.92 Å². The van der Waals surface area contributed by atoms with E-state index >= 15 is 0 Å². The first kappa shape index (κ1) is 17.3. The molecule has 12 heteroatoms. The van der Waals surface area contributed by atoms with Crippen LogP contribution in [0, 0.1) is 5.92 Å². The van der Waals surface area contributed by atoms with Crippen molar-refractivity contribution in [2.75, 3.05) is 24.7 Å². The molecule has 32 heavy (non-hydrogen) atoms. The van der Waals surface area contributed by atoms with Crippen molar-refractivity contribution < 1.29 is 29.2 Å². The highest BCUT2D eigenvalue weighted by Gasteiger charge is 2.35. The predicted octanol–water partition coefficient (Wildman–Crippen LogP) is 1.90. The van der Waals surface area contributed by atoms with Gasteiger partial charge in [-0.3, -0.25) is 9.36 Å². The zero-order chi connectivity index (χ0) is 27.7. The van der Waals surface area contributed by atoms with Crippen molar-refractivity contribution in [1.82, 2.24) is 18.8 Å². The summed E-state index contributed by atoms with van der Waals surface area (Å²) in [6, 6.07) is -1.50. The number of rotatable bonds is 5. The van der Waals surface area contributed by atoms with Gasteiger partial charge in [-0.05, 0) is 31.7 Å². The highest BCUT2D eigenvalue weighted by atomic mass is 32.2. The third-order valence-corrected chi connectivity index (χ3v) is 7.16. The molecule has 2 fully saturated rings. The van der Waals surface area contributed by atoms with Gasteiger partial charge in [0.2, 0.25) is 16.0 Å². The summed E-state index contributed by atoms with van der Waals surface area (Å²) in [6.07, 6.45) is -7.23. The summed E-state index contributed by atoms with van der Waals surface area (Å²) in [5, 5.41) is 12.8. The van der Waals surface area contributed by atoms with Gasteiger partial charge in [0, 0.05) is 48.2 Å². The molecule has 2 aromatic rings. The second kappa shape index (κ2) is 8.64. The molecule has 1 saturated carbocycles. The number of fused-ring (bicyclic) bond motifs is 1. The van der Waals surface area contributed by atoms with Gasteiger partial charge < -0.3 is 10.4 Å². The Bertz CT molecular complexity index is 1370. The Morgan fingerprint density at radius 3 is 2.59 bits per heavy atom. The summed E-state index contributed by atoms with van der Waals surface area (Å²) >= 11 is 0. The second-order valence-electron chi connectivity index (χ2n) is 8.05. The van der Waals surface area contributed by atoms with Crippen molar-refractivity contribution in [3.8, 4) is 0 Å². The number of hydrogen-bond donors (Lipinski definition) is 2. The van der Waals surface area contributed by atoms with Gasteiger partial charge in [-0.2, -0.15) is 4.98 Å². The van der Waals surface area contributed by atoms with Crippen LogP contribution in [0.25, 0.3) is 11.0 Å². The Morgan fingerprint density at radius 2 is 2.03 bits per heavy atom. The first-order chi connectivity index (χ1) is 16.8. The molecule has 0 aromatic carbocycles. The fraction of sp³-hybridized carbons (Fsp3) is 0.650. The van der Waals surface area contributed by atoms with Crippen LogP contribution >= 0.6 is 0 Å². The maximum absolute atomic E-state index is 14.0. The first-order valence-electron chi connectivity index (χ1n) is 12.5. The van der Waals surface area contributed by atoms with Crippen molar-refractivity contribution in [3.63, 3.8) is 0 Å². The maximum atomic E-state index is 14.0. The molecular weight excluding hydrogens is 444 g/mol. The number of anilines is 1. The van der Waals surface area contributed by atoms with E-state index in [0.717, 1.165) is 23.1 Å². The molecule has 0 amide bonds. The third-order valence-electron chi connectivity index (χ3n) is 5.97. The van der Waals surface area contributed by atoms with Crippen molar-refractivity contribution >= 4 is 27.0 Å². The molecule has 9 nitrogen and oxygen atoms in total. The molecule has 2 N–H and O–H groups in total. The Balaban J connectivity index is 1.82. The molecular formula is C20H27F2N5O4S. The van der Waals surface area contributed by atoms with E-state index in [0.29, 0.717) is 10.7 Å². The van der Waals surface area contributed by atoms with E-state index in [4.69, 9.17) is 6.85 Å². The number of nitrogens with zero attached hydrogens (tertiary/aromatic N) is 4. The number of pyridine rings is 1. The van der Waals surface area contributed by atoms with E-state index in [1.165, 1.54) is 0 Å². The Hall–Kier alpha value is -2.18. The summed E-state index contributed by atoms with van der Waals surface area (Å²) in [7, 11) is -3.88. The summed E-state index contributed by atoms with van der Waals surface area (Å²) in [4.78, 5) is 21.4. The quantitative estimate of drug-likeness (QED) is 0.677. The van der Waals surface area contributed by atoms with Crippen molar-refractivity contribution in [1.29, 1.82) is 0 Å². The molecule has 4 rings (SSSR count). The minimum atomic E-state index is -4.20. The van der Waals surface area contributed by atoms with E-state index in [9.17, 15) is 27.1 Å². The summed E-state index contributed by atoms with van der Waals surface area (Å²) in [5.41, 5.74) is -2.34. The minimum Gasteiger partial charge on any atom is -0.393 e. The molecule has 0 spiro atoms. The second-order valence-corrected chi connectivity index (χ2v) is 10.0. The van der Waals surface area contributed by atoms with E-state index in [1.54, 1.807) is 6.92 Å². The Morgan fingerprint density at radius 1 is 1.34 bits per heavy atom. The van der Waals surface area contributed by atoms with Crippen LogP contribution in [0.4, 0.5) is 14.7 Å². The standard InChI is InChI=1S/C20H27F2N5O4S/c1-11-15(3-4-16(11)28)27-18-12(9-14(17(21)22)19(27)29)10-23-20(25-18)24-13-5-7-26(8-6-13)32(2,30)31/h9-11,13,15-17,28H,3-8H2,1-2H3,(H,23,24,25)/t11-,15+,16+/m1/s1/i5D2,6D2,17D. The number of aromatic nitrogens is 3. The topological polar surface area (TPSA) is 117 Å². The van der Waals surface area contributed by atoms with Gasteiger partial charge in [0.05, 0.1) is 17.9 Å². The molecule has 0 radical (unpaired) electrons. The van der Waals surface area contributed by atoms with Crippen LogP contribution in [-0.4, -0.2) is 63.9 Å². The predicted molar refractivity (Wildman–Crippen MR) is 115 cm³/mol. The molecule has 1 saturated heterocycles. The molecule has 176 valence electrons. The number of alkyl halides is 2. The van der Waals surface area contributed by atoms with Gasteiger partial charge in [0.1, 0.15) is 7.02 Å². The lowest BCUT2D eigenvalue weighted by Gasteiger charge is -2.30. The highest BCUT2D eigenvalue weighted by molar-refractivity contribution is 7.88. The van der Waals surface area contributed by atoms with Crippen LogP contribution in [0.2, 0.25) is 0 Å². The van der Waals surface area contributed by atoms with E-state index < -0.39 is 77.5 Å². The van der Waals surface area contributed by atoms with Gasteiger partial charge in [0.15, 0.2) is 0 Å². The molecule has 2 aromatic heterocycles. The van der Waals surface area contributed by atoms with Crippen molar-refractivity contribution in [3.05, 3.63) is 28.2 Å². The summed E-state index contributed by atoms with van der Waals surface area (Å²) in [6.45, 7) is 0.409. The van der Waals surface area contributed by atoms with Gasteiger partial charge in [-0.15, -0.1) is 0 Å². The van der Waals surface area contributed by atoms with Crippen LogP contribution in [0.3, 0.4) is 0 Å². The lowest BCUT2D eigenvalue weighted by atomic mass is 10.0. The first-order valence-corrected chi connectivity index (χ1v) is 11.9. The number of piperidine rings is 1. The molecule has 1 aliphatic carbocycles. The van der Waals surface area contributed by atoms with Crippen molar-refractivity contribution in [2.24, 2.45) is 5.92 Å². The van der Waals surface area contributed by atoms with E-state index in [1.807, 2.05) is 0 Å². The van der Waals surface area contributed by atoms with Gasteiger partial charge >= 0.3 is 0 Å². The summed E-state index contributed by atoms with van der Waals surface area (Å²) in [5.74, 6) is -0.798. The zero-order valence-corrected chi connectivity index (χ0v) is 18.2. The number of halogens is 2. The van der Waals surface area contributed by atoms with Gasteiger partial charge in [0.25, 0.3) is 12.0 Å². The third kappa shape index (κ3) is 4.35. The smallest absolute Gasteiger partial charge is 0.269 e.